The van der Waals surface area contributed by atoms with Crippen molar-refractivity contribution in [2.45, 2.75) is 26.3 Å². The minimum atomic E-state index is -1.14. The molecule has 0 bridgehead atoms. The number of hydrogen-bond donors (Lipinski definition) is 2. The number of carbonyl (C=O) groups excluding carboxylic acids is 1. The van der Waals surface area contributed by atoms with Gasteiger partial charge < -0.3 is 15.2 Å². The number of carbonyl (C=O) groups is 2. The molecule has 5 nitrogen and oxygen atoms in total. The van der Waals surface area contributed by atoms with Gasteiger partial charge in [-0.3, -0.25) is 4.79 Å². The lowest BCUT2D eigenvalue weighted by molar-refractivity contribution is -0.140. The number of carboxylic acid groups (broad SMARTS) is 1. The molecule has 0 aliphatic carbocycles. The Bertz CT molecular complexity index is 504. The van der Waals surface area contributed by atoms with Gasteiger partial charge in [0.25, 0.3) is 5.91 Å². The SMILES string of the molecule is CC[C@H](C)[C@H](NC(=O)c1ccc(OC)cc1F)C(=O)O. The van der Waals surface area contributed by atoms with Gasteiger partial charge in [-0.1, -0.05) is 20.3 Å². The number of aliphatic carboxylic acids is 1. The summed E-state index contributed by atoms with van der Waals surface area (Å²) in [6.07, 6.45) is 0.586. The molecule has 2 N–H and O–H groups in total. The van der Waals surface area contributed by atoms with Gasteiger partial charge in [0.05, 0.1) is 12.7 Å². The molecule has 1 aromatic carbocycles. The molecule has 0 heterocycles. The number of rotatable bonds is 6. The zero-order chi connectivity index (χ0) is 15.3. The molecule has 0 aliphatic rings. The van der Waals surface area contributed by atoms with Crippen LogP contribution >= 0.6 is 0 Å². The summed E-state index contributed by atoms with van der Waals surface area (Å²) in [6, 6.07) is 2.73. The molecule has 2 atom stereocenters. The van der Waals surface area contributed by atoms with Crippen molar-refractivity contribution in [3.8, 4) is 5.75 Å². The van der Waals surface area contributed by atoms with Crippen molar-refractivity contribution < 1.29 is 23.8 Å². The second-order valence-corrected chi connectivity index (χ2v) is 4.52. The summed E-state index contributed by atoms with van der Waals surface area (Å²) in [6.45, 7) is 3.53. The minimum absolute atomic E-state index is 0.208. The zero-order valence-corrected chi connectivity index (χ0v) is 11.6. The molecular weight excluding hydrogens is 265 g/mol. The lowest BCUT2D eigenvalue weighted by atomic mass is 9.99. The first-order valence-electron chi connectivity index (χ1n) is 6.27. The molecule has 1 rings (SSSR count). The van der Waals surface area contributed by atoms with Crippen LogP contribution in [0.1, 0.15) is 30.6 Å². The summed E-state index contributed by atoms with van der Waals surface area (Å²) >= 11 is 0. The van der Waals surface area contributed by atoms with Crippen LogP contribution < -0.4 is 10.1 Å². The molecular formula is C14H18FNO4. The molecule has 0 aromatic heterocycles. The summed E-state index contributed by atoms with van der Waals surface area (Å²) in [5, 5.41) is 11.4. The Morgan fingerprint density at radius 3 is 2.55 bits per heavy atom. The molecule has 0 aliphatic heterocycles. The molecule has 1 amide bonds. The van der Waals surface area contributed by atoms with E-state index in [-0.39, 0.29) is 17.2 Å². The van der Waals surface area contributed by atoms with Crippen LogP contribution in [0.5, 0.6) is 5.75 Å². The number of nitrogens with one attached hydrogen (secondary N) is 1. The largest absolute Gasteiger partial charge is 0.497 e. The molecule has 0 unspecified atom stereocenters. The van der Waals surface area contributed by atoms with Gasteiger partial charge in [0, 0.05) is 6.07 Å². The lowest BCUT2D eigenvalue weighted by Gasteiger charge is -2.20. The minimum Gasteiger partial charge on any atom is -0.497 e. The topological polar surface area (TPSA) is 75.6 Å². The third-order valence-electron chi connectivity index (χ3n) is 3.19. The van der Waals surface area contributed by atoms with Gasteiger partial charge in [-0.25, -0.2) is 9.18 Å². The Morgan fingerprint density at radius 2 is 2.10 bits per heavy atom. The highest BCUT2D eigenvalue weighted by Crippen LogP contribution is 2.17. The van der Waals surface area contributed by atoms with E-state index in [2.05, 4.69) is 5.32 Å². The number of ether oxygens (including phenoxy) is 1. The van der Waals surface area contributed by atoms with Crippen molar-refractivity contribution in [1.29, 1.82) is 0 Å². The second-order valence-electron chi connectivity index (χ2n) is 4.52. The Hall–Kier alpha value is -2.11. The van der Waals surface area contributed by atoms with Crippen molar-refractivity contribution in [2.75, 3.05) is 7.11 Å². The van der Waals surface area contributed by atoms with Crippen LogP contribution in [0.25, 0.3) is 0 Å². The first-order chi connectivity index (χ1) is 9.40. The van der Waals surface area contributed by atoms with E-state index >= 15 is 0 Å². The van der Waals surface area contributed by atoms with Gasteiger partial charge in [0.2, 0.25) is 0 Å². The van der Waals surface area contributed by atoms with Gasteiger partial charge in [0.1, 0.15) is 17.6 Å². The summed E-state index contributed by atoms with van der Waals surface area (Å²) in [5.74, 6) is -2.61. The van der Waals surface area contributed by atoms with Gasteiger partial charge in [-0.15, -0.1) is 0 Å². The smallest absolute Gasteiger partial charge is 0.326 e. The first-order valence-corrected chi connectivity index (χ1v) is 6.27. The molecule has 0 fully saturated rings. The first kappa shape index (κ1) is 15.9. The van der Waals surface area contributed by atoms with Gasteiger partial charge in [-0.2, -0.15) is 0 Å². The third-order valence-corrected chi connectivity index (χ3v) is 3.19. The normalized spacial score (nSPS) is 13.4. The molecule has 0 spiro atoms. The number of benzene rings is 1. The van der Waals surface area contributed by atoms with Crippen LogP contribution in [-0.2, 0) is 4.79 Å². The van der Waals surface area contributed by atoms with E-state index in [0.717, 1.165) is 6.07 Å². The highest BCUT2D eigenvalue weighted by Gasteiger charge is 2.26. The Labute approximate surface area is 116 Å². The number of amides is 1. The molecule has 110 valence electrons. The van der Waals surface area contributed by atoms with Crippen molar-refractivity contribution in [2.24, 2.45) is 5.92 Å². The molecule has 20 heavy (non-hydrogen) atoms. The molecule has 6 heteroatoms. The van der Waals surface area contributed by atoms with E-state index < -0.39 is 23.7 Å². The Morgan fingerprint density at radius 1 is 1.45 bits per heavy atom. The Balaban J connectivity index is 2.92. The van der Waals surface area contributed by atoms with Crippen LogP contribution in [0.4, 0.5) is 4.39 Å². The molecule has 0 saturated carbocycles. The average Bonchev–Trinajstić information content (AvgIpc) is 2.43. The second kappa shape index (κ2) is 6.88. The van der Waals surface area contributed by atoms with Gasteiger partial charge in [-0.05, 0) is 18.1 Å². The lowest BCUT2D eigenvalue weighted by Crippen LogP contribution is -2.45. The number of carboxylic acids is 1. The van der Waals surface area contributed by atoms with Crippen LogP contribution in [0.2, 0.25) is 0 Å². The zero-order valence-electron chi connectivity index (χ0n) is 11.6. The highest BCUT2D eigenvalue weighted by atomic mass is 19.1. The number of halogens is 1. The summed E-state index contributed by atoms with van der Waals surface area (Å²) in [7, 11) is 1.39. The summed E-state index contributed by atoms with van der Waals surface area (Å²) < 4.78 is 18.6. The monoisotopic (exact) mass is 283 g/mol. The third kappa shape index (κ3) is 3.69. The predicted molar refractivity (Wildman–Crippen MR) is 71.3 cm³/mol. The highest BCUT2D eigenvalue weighted by molar-refractivity contribution is 5.97. The van der Waals surface area contributed by atoms with Crippen molar-refractivity contribution in [3.63, 3.8) is 0 Å². The standard InChI is InChI=1S/C14H18FNO4/c1-4-8(2)12(14(18)19)16-13(17)10-6-5-9(20-3)7-11(10)15/h5-8,12H,4H2,1-3H3,(H,16,17)(H,18,19)/t8-,12-/m0/s1. The maximum absolute atomic E-state index is 13.7. The fraction of sp³-hybridized carbons (Fsp3) is 0.429. The average molecular weight is 283 g/mol. The fourth-order valence-corrected chi connectivity index (χ4v) is 1.71. The predicted octanol–water partition coefficient (Wildman–Crippen LogP) is 2.06. The van der Waals surface area contributed by atoms with Crippen molar-refractivity contribution >= 4 is 11.9 Å². The molecule has 0 saturated heterocycles. The molecule has 0 radical (unpaired) electrons. The van der Waals surface area contributed by atoms with Crippen LogP contribution in [-0.4, -0.2) is 30.1 Å². The van der Waals surface area contributed by atoms with E-state index in [9.17, 15) is 14.0 Å². The number of hydrogen-bond acceptors (Lipinski definition) is 3. The van der Waals surface area contributed by atoms with Crippen molar-refractivity contribution in [3.05, 3.63) is 29.6 Å². The molecule has 1 aromatic rings. The van der Waals surface area contributed by atoms with Crippen LogP contribution in [0.3, 0.4) is 0 Å². The van der Waals surface area contributed by atoms with E-state index in [0.29, 0.717) is 6.42 Å². The quantitative estimate of drug-likeness (QED) is 0.838. The fourth-order valence-electron chi connectivity index (χ4n) is 1.71. The van der Waals surface area contributed by atoms with E-state index in [1.807, 2.05) is 6.92 Å². The van der Waals surface area contributed by atoms with Gasteiger partial charge in [0.15, 0.2) is 0 Å². The van der Waals surface area contributed by atoms with E-state index in [1.165, 1.54) is 19.2 Å². The van der Waals surface area contributed by atoms with Crippen LogP contribution in [0.15, 0.2) is 18.2 Å². The maximum atomic E-state index is 13.7. The Kier molecular flexibility index (Phi) is 5.49. The number of methoxy groups -OCH3 is 1. The van der Waals surface area contributed by atoms with E-state index in [1.54, 1.807) is 6.92 Å². The maximum Gasteiger partial charge on any atom is 0.326 e. The van der Waals surface area contributed by atoms with Crippen molar-refractivity contribution in [1.82, 2.24) is 5.32 Å². The summed E-state index contributed by atoms with van der Waals surface area (Å²) in [5.41, 5.74) is -0.208. The van der Waals surface area contributed by atoms with Crippen LogP contribution in [0, 0.1) is 11.7 Å². The summed E-state index contributed by atoms with van der Waals surface area (Å²) in [4.78, 5) is 23.1. The van der Waals surface area contributed by atoms with E-state index in [4.69, 9.17) is 9.84 Å². The van der Waals surface area contributed by atoms with Gasteiger partial charge >= 0.3 is 5.97 Å².